The van der Waals surface area contributed by atoms with Crippen LogP contribution in [0.2, 0.25) is 0 Å². The van der Waals surface area contributed by atoms with Gasteiger partial charge in [0.25, 0.3) is 0 Å². The molecule has 0 aliphatic heterocycles. The van der Waals surface area contributed by atoms with Gasteiger partial charge in [0.15, 0.2) is 11.6 Å². The molecule has 0 atom stereocenters. The molecule has 31 heavy (non-hydrogen) atoms. The number of hydrogen-bond donors (Lipinski definition) is 3. The van der Waals surface area contributed by atoms with Crippen LogP contribution in [-0.4, -0.2) is 28.6 Å². The van der Waals surface area contributed by atoms with E-state index >= 15 is 0 Å². The second-order valence-corrected chi connectivity index (χ2v) is 8.63. The summed E-state index contributed by atoms with van der Waals surface area (Å²) < 4.78 is 19.1. The van der Waals surface area contributed by atoms with Gasteiger partial charge < -0.3 is 20.7 Å². The molecule has 1 aliphatic rings. The van der Waals surface area contributed by atoms with Crippen LogP contribution in [0.15, 0.2) is 35.7 Å². The van der Waals surface area contributed by atoms with E-state index in [0.717, 1.165) is 6.54 Å². The Balaban J connectivity index is 1.50. The number of benzene rings is 1. The molecule has 0 saturated heterocycles. The summed E-state index contributed by atoms with van der Waals surface area (Å²) in [6.07, 6.45) is 6.36. The highest BCUT2D eigenvalue weighted by atomic mass is 32.1. The van der Waals surface area contributed by atoms with Gasteiger partial charge in [0.1, 0.15) is 0 Å². The SMILES string of the molecule is COc1ccc(Nc2nc(NCc3cccs3)nc(NCC3CCCCC3)n2)cc1F. The van der Waals surface area contributed by atoms with E-state index in [1.807, 2.05) is 11.4 Å². The van der Waals surface area contributed by atoms with Gasteiger partial charge in [0.05, 0.1) is 13.7 Å². The molecular weight excluding hydrogens is 415 g/mol. The first-order valence-corrected chi connectivity index (χ1v) is 11.4. The first-order chi connectivity index (χ1) is 15.2. The number of halogens is 1. The zero-order valence-electron chi connectivity index (χ0n) is 17.5. The summed E-state index contributed by atoms with van der Waals surface area (Å²) in [4.78, 5) is 14.7. The maximum Gasteiger partial charge on any atom is 0.233 e. The summed E-state index contributed by atoms with van der Waals surface area (Å²) in [5, 5.41) is 11.7. The zero-order chi connectivity index (χ0) is 21.5. The van der Waals surface area contributed by atoms with Crippen molar-refractivity contribution in [3.63, 3.8) is 0 Å². The molecule has 2 aromatic heterocycles. The fourth-order valence-electron chi connectivity index (χ4n) is 3.67. The Morgan fingerprint density at radius 2 is 1.81 bits per heavy atom. The fourth-order valence-corrected chi connectivity index (χ4v) is 4.31. The maximum absolute atomic E-state index is 14.1. The quantitative estimate of drug-likeness (QED) is 0.407. The van der Waals surface area contributed by atoms with Gasteiger partial charge in [-0.05, 0) is 42.3 Å². The van der Waals surface area contributed by atoms with E-state index in [4.69, 9.17) is 4.74 Å². The molecular formula is C22H27FN6OS. The highest BCUT2D eigenvalue weighted by Gasteiger charge is 2.15. The number of rotatable bonds is 9. The summed E-state index contributed by atoms with van der Waals surface area (Å²) in [5.74, 6) is 1.69. The lowest BCUT2D eigenvalue weighted by atomic mass is 9.89. The van der Waals surface area contributed by atoms with Gasteiger partial charge in [-0.25, -0.2) is 4.39 Å². The standard InChI is InChI=1S/C22H27FN6OS/c1-30-19-10-9-16(12-18(19)23)26-22-28-20(24-13-15-6-3-2-4-7-15)27-21(29-22)25-14-17-8-5-11-31-17/h5,8-12,15H,2-4,6-7,13-14H2,1H3,(H3,24,25,26,27,28,29). The molecule has 0 spiro atoms. The number of thiophene rings is 1. The van der Waals surface area contributed by atoms with E-state index < -0.39 is 5.82 Å². The number of nitrogens with zero attached hydrogens (tertiary/aromatic N) is 3. The van der Waals surface area contributed by atoms with Crippen LogP contribution in [0.1, 0.15) is 37.0 Å². The van der Waals surface area contributed by atoms with Crippen LogP contribution in [0.25, 0.3) is 0 Å². The molecule has 1 aromatic carbocycles. The number of aromatic nitrogens is 3. The Hall–Kier alpha value is -2.94. The van der Waals surface area contributed by atoms with Gasteiger partial charge in [-0.2, -0.15) is 15.0 Å². The van der Waals surface area contributed by atoms with Crippen molar-refractivity contribution in [2.45, 2.75) is 38.6 Å². The molecule has 4 rings (SSSR count). The smallest absolute Gasteiger partial charge is 0.233 e. The summed E-state index contributed by atoms with van der Waals surface area (Å²) in [6, 6.07) is 8.71. The van der Waals surface area contributed by atoms with Gasteiger partial charge in [-0.1, -0.05) is 25.3 Å². The topological polar surface area (TPSA) is 84.0 Å². The third kappa shape index (κ3) is 6.04. The lowest BCUT2D eigenvalue weighted by molar-refractivity contribution is 0.373. The normalized spacial score (nSPS) is 14.3. The number of ether oxygens (including phenoxy) is 1. The highest BCUT2D eigenvalue weighted by molar-refractivity contribution is 7.09. The van der Waals surface area contributed by atoms with Crippen molar-refractivity contribution >= 4 is 34.9 Å². The third-order valence-corrected chi connectivity index (χ3v) is 6.19. The first kappa shape index (κ1) is 21.3. The monoisotopic (exact) mass is 442 g/mol. The van der Waals surface area contributed by atoms with Crippen LogP contribution in [0.3, 0.4) is 0 Å². The minimum atomic E-state index is -0.451. The number of hydrogen-bond acceptors (Lipinski definition) is 8. The summed E-state index contributed by atoms with van der Waals surface area (Å²) in [6.45, 7) is 1.46. The lowest BCUT2D eigenvalue weighted by Crippen LogP contribution is -2.19. The van der Waals surface area contributed by atoms with E-state index in [0.29, 0.717) is 36.0 Å². The van der Waals surface area contributed by atoms with Gasteiger partial charge in [-0.3, -0.25) is 0 Å². The molecule has 1 fully saturated rings. The molecule has 1 aliphatic carbocycles. The minimum absolute atomic E-state index is 0.189. The van der Waals surface area contributed by atoms with Crippen LogP contribution < -0.4 is 20.7 Å². The molecule has 0 radical (unpaired) electrons. The molecule has 0 unspecified atom stereocenters. The number of anilines is 4. The lowest BCUT2D eigenvalue weighted by Gasteiger charge is -2.21. The highest BCUT2D eigenvalue weighted by Crippen LogP contribution is 2.25. The van der Waals surface area contributed by atoms with Gasteiger partial charge >= 0.3 is 0 Å². The molecule has 3 aromatic rings. The van der Waals surface area contributed by atoms with Crippen LogP contribution in [0.5, 0.6) is 5.75 Å². The average molecular weight is 443 g/mol. The Labute approximate surface area is 185 Å². The van der Waals surface area contributed by atoms with Gasteiger partial charge in [0.2, 0.25) is 17.8 Å². The molecule has 1 saturated carbocycles. The summed E-state index contributed by atoms with van der Waals surface area (Å²) in [7, 11) is 1.44. The van der Waals surface area contributed by atoms with Crippen molar-refractivity contribution in [3.05, 3.63) is 46.4 Å². The molecule has 0 amide bonds. The van der Waals surface area contributed by atoms with Crippen LogP contribution in [-0.2, 0) is 6.54 Å². The number of methoxy groups -OCH3 is 1. The first-order valence-electron chi connectivity index (χ1n) is 10.6. The van der Waals surface area contributed by atoms with Gasteiger partial charge in [-0.15, -0.1) is 11.3 Å². The molecule has 9 heteroatoms. The van der Waals surface area contributed by atoms with E-state index in [2.05, 4.69) is 37.0 Å². The van der Waals surface area contributed by atoms with Crippen molar-refractivity contribution < 1.29 is 9.13 Å². The van der Waals surface area contributed by atoms with Crippen LogP contribution >= 0.6 is 11.3 Å². The molecule has 3 N–H and O–H groups in total. The Morgan fingerprint density at radius 1 is 1.03 bits per heavy atom. The fraction of sp³-hybridized carbons (Fsp3) is 0.409. The third-order valence-electron chi connectivity index (χ3n) is 5.32. The average Bonchev–Trinajstić information content (AvgIpc) is 3.31. The van der Waals surface area contributed by atoms with Crippen LogP contribution in [0.4, 0.5) is 27.9 Å². The van der Waals surface area contributed by atoms with Crippen molar-refractivity contribution in [1.82, 2.24) is 15.0 Å². The molecule has 0 bridgehead atoms. The van der Waals surface area contributed by atoms with E-state index in [9.17, 15) is 4.39 Å². The van der Waals surface area contributed by atoms with Crippen molar-refractivity contribution in [3.8, 4) is 5.75 Å². The van der Waals surface area contributed by atoms with E-state index in [1.54, 1.807) is 23.5 Å². The second-order valence-electron chi connectivity index (χ2n) is 7.60. The van der Waals surface area contributed by atoms with E-state index in [-0.39, 0.29) is 5.75 Å². The molecule has 2 heterocycles. The van der Waals surface area contributed by atoms with E-state index in [1.165, 1.54) is 50.2 Å². The van der Waals surface area contributed by atoms with Gasteiger partial charge in [0, 0.05) is 23.2 Å². The second kappa shape index (κ2) is 10.4. The Morgan fingerprint density at radius 3 is 2.52 bits per heavy atom. The predicted octanol–water partition coefficient (Wildman–Crippen LogP) is 5.43. The Bertz CT molecular complexity index is 978. The summed E-state index contributed by atoms with van der Waals surface area (Å²) in [5.41, 5.74) is 0.534. The van der Waals surface area contributed by atoms with Crippen LogP contribution in [0, 0.1) is 11.7 Å². The largest absolute Gasteiger partial charge is 0.494 e. The zero-order valence-corrected chi connectivity index (χ0v) is 18.3. The van der Waals surface area contributed by atoms with Crippen molar-refractivity contribution in [2.24, 2.45) is 5.92 Å². The minimum Gasteiger partial charge on any atom is -0.494 e. The Kier molecular flexibility index (Phi) is 7.14. The van der Waals surface area contributed by atoms with Crippen molar-refractivity contribution in [2.75, 3.05) is 29.6 Å². The maximum atomic E-state index is 14.1. The molecule has 164 valence electrons. The van der Waals surface area contributed by atoms with Crippen molar-refractivity contribution in [1.29, 1.82) is 0 Å². The predicted molar refractivity (Wildman–Crippen MR) is 123 cm³/mol. The summed E-state index contributed by atoms with van der Waals surface area (Å²) >= 11 is 1.67. The number of nitrogens with one attached hydrogen (secondary N) is 3. The molecule has 7 nitrogen and oxygen atoms in total.